The van der Waals surface area contributed by atoms with E-state index in [0.717, 1.165) is 5.76 Å². The van der Waals surface area contributed by atoms with Gasteiger partial charge in [-0.15, -0.1) is 10.2 Å². The second-order valence-corrected chi connectivity index (χ2v) is 11.6. The van der Waals surface area contributed by atoms with Gasteiger partial charge in [-0.2, -0.15) is 4.31 Å². The van der Waals surface area contributed by atoms with Gasteiger partial charge in [0.05, 0.1) is 23.0 Å². The molecule has 0 unspecified atom stereocenters. The van der Waals surface area contributed by atoms with Crippen molar-refractivity contribution in [2.45, 2.75) is 28.0 Å². The fourth-order valence-electron chi connectivity index (χ4n) is 3.25. The summed E-state index contributed by atoms with van der Waals surface area (Å²) in [6.45, 7) is 3.62. The molecule has 32 heavy (non-hydrogen) atoms. The van der Waals surface area contributed by atoms with E-state index in [1.807, 2.05) is 19.1 Å². The molecule has 170 valence electrons. The maximum Gasteiger partial charge on any atom is 0.243 e. The van der Waals surface area contributed by atoms with Crippen molar-refractivity contribution in [3.8, 4) is 0 Å². The van der Waals surface area contributed by atoms with E-state index in [9.17, 15) is 13.2 Å². The number of thioether (sulfide) groups is 1. The first-order valence-electron chi connectivity index (χ1n) is 10.0. The monoisotopic (exact) mass is 493 g/mol. The van der Waals surface area contributed by atoms with Gasteiger partial charge in [-0.1, -0.05) is 41.3 Å². The number of nitrogens with one attached hydrogen (secondary N) is 1. The van der Waals surface area contributed by atoms with Crippen LogP contribution < -0.4 is 5.32 Å². The Morgan fingerprint density at radius 1 is 1.16 bits per heavy atom. The highest BCUT2D eigenvalue weighted by atomic mass is 32.2. The number of rotatable bonds is 8. The molecule has 9 nitrogen and oxygen atoms in total. The summed E-state index contributed by atoms with van der Waals surface area (Å²) in [7, 11) is -3.54. The zero-order valence-corrected chi connectivity index (χ0v) is 19.8. The molecule has 12 heteroatoms. The number of anilines is 1. The van der Waals surface area contributed by atoms with Gasteiger partial charge in [-0.3, -0.25) is 4.79 Å². The Labute approximate surface area is 194 Å². The van der Waals surface area contributed by atoms with Gasteiger partial charge in [-0.25, -0.2) is 8.42 Å². The molecule has 1 amide bonds. The third-order valence-electron chi connectivity index (χ3n) is 4.96. The Hall–Kier alpha value is -2.41. The summed E-state index contributed by atoms with van der Waals surface area (Å²) < 4.78 is 32.9. The van der Waals surface area contributed by atoms with Crippen LogP contribution in [-0.4, -0.2) is 65.2 Å². The van der Waals surface area contributed by atoms with Crippen molar-refractivity contribution in [1.29, 1.82) is 0 Å². The molecule has 3 aromatic rings. The third kappa shape index (κ3) is 5.31. The number of hydrogen-bond acceptors (Lipinski definition) is 9. The van der Waals surface area contributed by atoms with Crippen LogP contribution >= 0.6 is 23.1 Å². The summed E-state index contributed by atoms with van der Waals surface area (Å²) in [5, 5.41) is 11.7. The average Bonchev–Trinajstić information content (AvgIpc) is 3.50. The largest absolute Gasteiger partial charge is 0.467 e. The van der Waals surface area contributed by atoms with Crippen molar-refractivity contribution in [3.63, 3.8) is 0 Å². The minimum atomic E-state index is -3.54. The highest BCUT2D eigenvalue weighted by Crippen LogP contribution is 2.30. The first-order chi connectivity index (χ1) is 15.4. The smallest absolute Gasteiger partial charge is 0.243 e. The zero-order chi connectivity index (χ0) is 22.6. The van der Waals surface area contributed by atoms with E-state index in [2.05, 4.69) is 15.5 Å². The fourth-order valence-corrected chi connectivity index (χ4v) is 6.67. The molecule has 1 atom stereocenters. The number of nitrogens with zero attached hydrogens (tertiary/aromatic N) is 4. The van der Waals surface area contributed by atoms with Crippen LogP contribution in [0.2, 0.25) is 0 Å². The number of piperazine rings is 1. The molecule has 0 saturated carbocycles. The zero-order valence-electron chi connectivity index (χ0n) is 17.4. The van der Waals surface area contributed by atoms with Crippen molar-refractivity contribution in [2.24, 2.45) is 0 Å². The summed E-state index contributed by atoms with van der Waals surface area (Å²) in [6.07, 6.45) is 1.61. The first kappa shape index (κ1) is 22.8. The van der Waals surface area contributed by atoms with E-state index in [-0.39, 0.29) is 29.1 Å². The van der Waals surface area contributed by atoms with Gasteiger partial charge in [0.15, 0.2) is 4.34 Å². The number of benzene rings is 1. The summed E-state index contributed by atoms with van der Waals surface area (Å²) in [4.78, 5) is 14.9. The quantitative estimate of drug-likeness (QED) is 0.477. The molecule has 0 radical (unpaired) electrons. The Balaban J connectivity index is 1.28. The number of hydrogen-bond donors (Lipinski definition) is 1. The molecular weight excluding hydrogens is 470 g/mol. The molecule has 3 heterocycles. The molecule has 4 rings (SSSR count). The van der Waals surface area contributed by atoms with Gasteiger partial charge in [0, 0.05) is 26.2 Å². The third-order valence-corrected chi connectivity index (χ3v) is 8.92. The molecule has 1 aromatic carbocycles. The topological polar surface area (TPSA) is 109 Å². The van der Waals surface area contributed by atoms with Crippen LogP contribution in [0.25, 0.3) is 0 Å². The van der Waals surface area contributed by atoms with E-state index in [0.29, 0.717) is 29.1 Å². The van der Waals surface area contributed by atoms with E-state index in [1.54, 1.807) is 41.5 Å². The fraction of sp³-hybridized carbons (Fsp3) is 0.350. The molecule has 1 N–H and O–H groups in total. The van der Waals surface area contributed by atoms with Gasteiger partial charge in [0.1, 0.15) is 5.76 Å². The van der Waals surface area contributed by atoms with Crippen LogP contribution in [0.5, 0.6) is 0 Å². The number of sulfonamides is 1. The van der Waals surface area contributed by atoms with Gasteiger partial charge in [0.2, 0.25) is 21.1 Å². The van der Waals surface area contributed by atoms with E-state index in [4.69, 9.17) is 4.42 Å². The summed E-state index contributed by atoms with van der Waals surface area (Å²) >= 11 is 2.73. The highest BCUT2D eigenvalue weighted by Gasteiger charge is 2.31. The van der Waals surface area contributed by atoms with E-state index < -0.39 is 10.0 Å². The molecular formula is C20H23N5O4S3. The summed E-state index contributed by atoms with van der Waals surface area (Å²) in [5.41, 5.74) is 0. The second-order valence-electron chi connectivity index (χ2n) is 7.11. The van der Waals surface area contributed by atoms with Crippen molar-refractivity contribution in [2.75, 3.05) is 31.5 Å². The maximum atomic E-state index is 12.9. The van der Waals surface area contributed by atoms with Crippen molar-refractivity contribution in [1.82, 2.24) is 19.4 Å². The maximum absolute atomic E-state index is 12.9. The molecule has 1 aliphatic heterocycles. The number of aromatic nitrogens is 2. The Bertz CT molecular complexity index is 1130. The molecule has 1 fully saturated rings. The van der Waals surface area contributed by atoms with Crippen LogP contribution in [0.3, 0.4) is 0 Å². The van der Waals surface area contributed by atoms with E-state index >= 15 is 0 Å². The van der Waals surface area contributed by atoms with Crippen molar-refractivity contribution < 1.29 is 17.6 Å². The average molecular weight is 494 g/mol. The lowest BCUT2D eigenvalue weighted by Gasteiger charge is -2.35. The number of carbonyl (C=O) groups excluding carboxylic acids is 1. The van der Waals surface area contributed by atoms with Crippen LogP contribution in [0.1, 0.15) is 12.7 Å². The lowest BCUT2D eigenvalue weighted by molar-refractivity contribution is -0.131. The standard InChI is InChI=1S/C20H23N5O4S3/c1-15(30-20-23-22-19(31-20)21-14-16-6-5-13-29-16)18(26)24-9-11-25(12-10-24)32(27,28)17-7-3-2-4-8-17/h2-8,13,15H,9-12,14H2,1H3,(H,21,22)/t15-/m1/s1. The molecule has 0 spiro atoms. The van der Waals surface area contributed by atoms with Gasteiger partial charge >= 0.3 is 0 Å². The Kier molecular flexibility index (Phi) is 7.13. The summed E-state index contributed by atoms with van der Waals surface area (Å²) in [6, 6.07) is 12.1. The van der Waals surface area contributed by atoms with E-state index in [1.165, 1.54) is 27.4 Å². The minimum absolute atomic E-state index is 0.0351. The van der Waals surface area contributed by atoms with Crippen LogP contribution in [-0.2, 0) is 21.4 Å². The SMILES string of the molecule is C[C@@H](Sc1nnc(NCc2ccco2)s1)C(=O)N1CCN(S(=O)(=O)c2ccccc2)CC1. The van der Waals surface area contributed by atoms with Gasteiger partial charge < -0.3 is 14.6 Å². The second kappa shape index (κ2) is 10.0. The van der Waals surface area contributed by atoms with Gasteiger partial charge in [-0.05, 0) is 31.2 Å². The summed E-state index contributed by atoms with van der Waals surface area (Å²) in [5.74, 6) is 0.762. The first-order valence-corrected chi connectivity index (χ1v) is 13.2. The lowest BCUT2D eigenvalue weighted by atomic mass is 10.3. The lowest BCUT2D eigenvalue weighted by Crippen LogP contribution is -2.52. The van der Waals surface area contributed by atoms with Gasteiger partial charge in [0.25, 0.3) is 0 Å². The Morgan fingerprint density at radius 3 is 2.59 bits per heavy atom. The number of amides is 1. The van der Waals surface area contributed by atoms with Crippen LogP contribution in [0.4, 0.5) is 5.13 Å². The molecule has 1 saturated heterocycles. The normalized spacial score (nSPS) is 16.1. The minimum Gasteiger partial charge on any atom is -0.467 e. The number of furan rings is 1. The van der Waals surface area contributed by atoms with Crippen LogP contribution in [0, 0.1) is 0 Å². The Morgan fingerprint density at radius 2 is 1.91 bits per heavy atom. The van der Waals surface area contributed by atoms with Crippen LogP contribution in [0.15, 0.2) is 62.4 Å². The molecule has 1 aliphatic rings. The van der Waals surface area contributed by atoms with Crippen molar-refractivity contribution >= 4 is 44.2 Å². The molecule has 0 bridgehead atoms. The predicted molar refractivity (Wildman–Crippen MR) is 123 cm³/mol. The molecule has 0 aliphatic carbocycles. The molecule has 2 aromatic heterocycles. The van der Waals surface area contributed by atoms with Crippen molar-refractivity contribution in [3.05, 3.63) is 54.5 Å². The number of carbonyl (C=O) groups is 1. The predicted octanol–water partition coefficient (Wildman–Crippen LogP) is 2.76. The highest BCUT2D eigenvalue weighted by molar-refractivity contribution is 8.02.